The fraction of sp³-hybridized carbons (Fsp3) is 0.333. The van der Waals surface area contributed by atoms with Crippen molar-refractivity contribution in [2.24, 2.45) is 5.92 Å². The molecule has 0 unspecified atom stereocenters. The molecular formula is C12H14OSSi. The Morgan fingerprint density at radius 3 is 2.67 bits per heavy atom. The summed E-state index contributed by atoms with van der Waals surface area (Å²) in [5.41, 5.74) is 3.86. The second-order valence-electron chi connectivity index (χ2n) is 4.49. The molecule has 0 saturated heterocycles. The Kier molecular flexibility index (Phi) is 3.78. The molecule has 0 bridgehead atoms. The van der Waals surface area contributed by atoms with Crippen molar-refractivity contribution < 1.29 is 4.79 Å². The van der Waals surface area contributed by atoms with E-state index >= 15 is 0 Å². The summed E-state index contributed by atoms with van der Waals surface area (Å²) in [6, 6.07) is 0. The number of carbonyl (C=O) groups is 1. The summed E-state index contributed by atoms with van der Waals surface area (Å²) >= 11 is 5.20. The molecule has 1 rings (SSSR count). The third kappa shape index (κ3) is 3.58. The van der Waals surface area contributed by atoms with Gasteiger partial charge in [-0.1, -0.05) is 56.0 Å². The summed E-state index contributed by atoms with van der Waals surface area (Å²) < 4.78 is 0. The molecule has 0 aromatic carbocycles. The van der Waals surface area contributed by atoms with Crippen LogP contribution in [0.3, 0.4) is 0 Å². The van der Waals surface area contributed by atoms with E-state index in [-0.39, 0.29) is 5.92 Å². The van der Waals surface area contributed by atoms with E-state index < -0.39 is 8.07 Å². The molecule has 0 N–H and O–H groups in total. The van der Waals surface area contributed by atoms with Crippen molar-refractivity contribution in [2.75, 3.05) is 0 Å². The van der Waals surface area contributed by atoms with Gasteiger partial charge in [-0.25, -0.2) is 0 Å². The summed E-state index contributed by atoms with van der Waals surface area (Å²) in [7, 11) is -1.37. The van der Waals surface area contributed by atoms with Crippen molar-refractivity contribution in [3.05, 3.63) is 23.8 Å². The Bertz CT molecular complexity index is 402. The first-order chi connectivity index (χ1) is 6.94. The number of hydrogen-bond donors (Lipinski definition) is 0. The molecule has 0 radical (unpaired) electrons. The lowest BCUT2D eigenvalue weighted by Crippen LogP contribution is -2.19. The minimum atomic E-state index is -1.37. The third-order valence-corrected chi connectivity index (χ3v) is 3.26. The molecule has 1 nitrogen and oxygen atoms in total. The Morgan fingerprint density at radius 1 is 1.47 bits per heavy atom. The minimum Gasteiger partial charge on any atom is -0.298 e. The smallest absolute Gasteiger partial charge is 0.151 e. The average Bonchev–Trinajstić information content (AvgIpc) is 2.15. The second-order valence-corrected chi connectivity index (χ2v) is 9.68. The summed E-state index contributed by atoms with van der Waals surface area (Å²) in [5, 5.41) is 0. The first-order valence-electron chi connectivity index (χ1n) is 4.84. The molecule has 1 aliphatic rings. The molecule has 0 fully saturated rings. The SMILES string of the molecule is C[Si](C)(C)C#C[C@@H]1C=CC=C(C=O)C1=S. The van der Waals surface area contributed by atoms with Crippen LogP contribution in [0.2, 0.25) is 19.6 Å². The lowest BCUT2D eigenvalue weighted by atomic mass is 9.95. The maximum Gasteiger partial charge on any atom is 0.151 e. The van der Waals surface area contributed by atoms with Gasteiger partial charge in [0.2, 0.25) is 0 Å². The van der Waals surface area contributed by atoms with Gasteiger partial charge in [0.25, 0.3) is 0 Å². The van der Waals surface area contributed by atoms with Crippen LogP contribution < -0.4 is 0 Å². The highest BCUT2D eigenvalue weighted by atomic mass is 32.1. The largest absolute Gasteiger partial charge is 0.298 e. The fourth-order valence-electron chi connectivity index (χ4n) is 1.12. The maximum atomic E-state index is 10.7. The first-order valence-corrected chi connectivity index (χ1v) is 8.75. The van der Waals surface area contributed by atoms with Crippen LogP contribution in [0.25, 0.3) is 0 Å². The zero-order valence-electron chi connectivity index (χ0n) is 9.20. The molecule has 0 aliphatic heterocycles. The lowest BCUT2D eigenvalue weighted by molar-refractivity contribution is -0.104. The van der Waals surface area contributed by atoms with Crippen molar-refractivity contribution in [3.63, 3.8) is 0 Å². The number of hydrogen-bond acceptors (Lipinski definition) is 2. The zero-order valence-corrected chi connectivity index (χ0v) is 11.0. The second kappa shape index (κ2) is 4.69. The normalized spacial score (nSPS) is 20.3. The predicted molar refractivity (Wildman–Crippen MR) is 70.5 cm³/mol. The van der Waals surface area contributed by atoms with Gasteiger partial charge in [0, 0.05) is 10.4 Å². The quantitative estimate of drug-likeness (QED) is 0.300. The van der Waals surface area contributed by atoms with Gasteiger partial charge < -0.3 is 0 Å². The number of aldehydes is 1. The summed E-state index contributed by atoms with van der Waals surface area (Å²) in [5.74, 6) is 3.10. The molecule has 0 heterocycles. The average molecular weight is 234 g/mol. The molecular weight excluding hydrogens is 220 g/mol. The van der Waals surface area contributed by atoms with Crippen molar-refractivity contribution in [2.45, 2.75) is 19.6 Å². The van der Waals surface area contributed by atoms with E-state index in [0.29, 0.717) is 10.4 Å². The highest BCUT2D eigenvalue weighted by Gasteiger charge is 2.16. The van der Waals surface area contributed by atoms with E-state index in [1.165, 1.54) is 0 Å². The van der Waals surface area contributed by atoms with Gasteiger partial charge in [-0.15, -0.1) is 5.54 Å². The topological polar surface area (TPSA) is 17.1 Å². The molecule has 0 aromatic rings. The molecule has 0 spiro atoms. The lowest BCUT2D eigenvalue weighted by Gasteiger charge is -2.12. The van der Waals surface area contributed by atoms with Gasteiger partial charge in [0.15, 0.2) is 6.29 Å². The monoisotopic (exact) mass is 234 g/mol. The van der Waals surface area contributed by atoms with Crippen LogP contribution in [-0.4, -0.2) is 19.2 Å². The summed E-state index contributed by atoms with van der Waals surface area (Å²) in [6.45, 7) is 6.56. The van der Waals surface area contributed by atoms with Crippen LogP contribution in [0.5, 0.6) is 0 Å². The van der Waals surface area contributed by atoms with E-state index in [0.717, 1.165) is 6.29 Å². The van der Waals surface area contributed by atoms with Gasteiger partial charge in [0.05, 0.1) is 5.92 Å². The Morgan fingerprint density at radius 2 is 2.13 bits per heavy atom. The van der Waals surface area contributed by atoms with Gasteiger partial charge >= 0.3 is 0 Å². The molecule has 3 heteroatoms. The van der Waals surface area contributed by atoms with Crippen molar-refractivity contribution in [3.8, 4) is 11.5 Å². The summed E-state index contributed by atoms with van der Waals surface area (Å²) in [6.07, 6.45) is 6.34. The Labute approximate surface area is 97.3 Å². The molecule has 15 heavy (non-hydrogen) atoms. The van der Waals surface area contributed by atoms with Crippen LogP contribution in [0, 0.1) is 17.4 Å². The van der Waals surface area contributed by atoms with Gasteiger partial charge in [-0.3, -0.25) is 4.79 Å². The van der Waals surface area contributed by atoms with Crippen LogP contribution in [0.1, 0.15) is 0 Å². The van der Waals surface area contributed by atoms with Gasteiger partial charge in [0.1, 0.15) is 8.07 Å². The Hall–Kier alpha value is -0.983. The molecule has 0 saturated carbocycles. The molecule has 1 aliphatic carbocycles. The molecule has 78 valence electrons. The highest BCUT2D eigenvalue weighted by Crippen LogP contribution is 2.14. The van der Waals surface area contributed by atoms with Crippen LogP contribution >= 0.6 is 12.2 Å². The van der Waals surface area contributed by atoms with Crippen molar-refractivity contribution in [1.29, 1.82) is 0 Å². The van der Waals surface area contributed by atoms with Crippen molar-refractivity contribution >= 4 is 31.4 Å². The predicted octanol–water partition coefficient (Wildman–Crippen LogP) is 2.55. The number of carbonyl (C=O) groups excluding carboxylic acids is 1. The van der Waals surface area contributed by atoms with E-state index in [1.54, 1.807) is 6.08 Å². The van der Waals surface area contributed by atoms with E-state index in [2.05, 4.69) is 31.1 Å². The number of allylic oxidation sites excluding steroid dienone is 4. The number of thiocarbonyl (C=S) groups is 1. The fourth-order valence-corrected chi connectivity index (χ4v) is 1.97. The molecule has 1 atom stereocenters. The van der Waals surface area contributed by atoms with Gasteiger partial charge in [-0.2, -0.15) is 0 Å². The van der Waals surface area contributed by atoms with E-state index in [1.807, 2.05) is 12.2 Å². The maximum absolute atomic E-state index is 10.7. The van der Waals surface area contributed by atoms with Gasteiger partial charge in [-0.05, 0) is 0 Å². The third-order valence-electron chi connectivity index (χ3n) is 1.88. The Balaban J connectivity index is 2.87. The highest BCUT2D eigenvalue weighted by molar-refractivity contribution is 7.81. The molecule has 0 amide bonds. The number of rotatable bonds is 1. The van der Waals surface area contributed by atoms with E-state index in [4.69, 9.17) is 12.2 Å². The zero-order chi connectivity index (χ0) is 11.5. The molecule has 0 aromatic heterocycles. The minimum absolute atomic E-state index is 0.0584. The first kappa shape index (κ1) is 12.1. The van der Waals surface area contributed by atoms with Crippen LogP contribution in [-0.2, 0) is 4.79 Å². The van der Waals surface area contributed by atoms with E-state index in [9.17, 15) is 4.79 Å². The summed E-state index contributed by atoms with van der Waals surface area (Å²) in [4.78, 5) is 11.3. The van der Waals surface area contributed by atoms with Crippen LogP contribution in [0.15, 0.2) is 23.8 Å². The van der Waals surface area contributed by atoms with Crippen LogP contribution in [0.4, 0.5) is 0 Å². The standard InChI is InChI=1S/C12H14OSSi/c1-15(2,3)8-7-10-5-4-6-11(9-13)12(10)14/h4-6,9-10H,1-3H3/t10-/m0/s1. The van der Waals surface area contributed by atoms with Crippen molar-refractivity contribution in [1.82, 2.24) is 0 Å².